The lowest BCUT2D eigenvalue weighted by Gasteiger charge is -2.34. The minimum Gasteiger partial charge on any atom is -0.335 e. The minimum absolute atomic E-state index is 0.0538. The zero-order valence-corrected chi connectivity index (χ0v) is 17.7. The van der Waals surface area contributed by atoms with Gasteiger partial charge in [0, 0.05) is 44.5 Å². The van der Waals surface area contributed by atoms with Crippen LogP contribution in [0, 0.1) is 5.92 Å². The van der Waals surface area contributed by atoms with Crippen LogP contribution in [0.5, 0.6) is 0 Å². The molecule has 160 valence electrons. The second-order valence-electron chi connectivity index (χ2n) is 8.07. The van der Waals surface area contributed by atoms with Gasteiger partial charge in [-0.25, -0.2) is 9.97 Å². The fraction of sp³-hybridized carbons (Fsp3) is 0.348. The van der Waals surface area contributed by atoms with E-state index in [2.05, 4.69) is 9.97 Å². The van der Waals surface area contributed by atoms with E-state index in [0.717, 1.165) is 0 Å². The van der Waals surface area contributed by atoms with Crippen LogP contribution in [0.25, 0.3) is 11.2 Å². The smallest absolute Gasteiger partial charge is 0.283 e. The molecular weight excluding hydrogens is 394 g/mol. The predicted octanol–water partition coefficient (Wildman–Crippen LogP) is 2.05. The summed E-state index contributed by atoms with van der Waals surface area (Å²) < 4.78 is 1.54. The Morgan fingerprint density at radius 3 is 2.23 bits per heavy atom. The maximum Gasteiger partial charge on any atom is 0.283 e. The van der Waals surface area contributed by atoms with Gasteiger partial charge < -0.3 is 9.80 Å². The molecule has 3 aromatic rings. The SMILES string of the molecule is CC(C)Cn1c(=O)c(C(=O)N2CCN(C(=O)c3ccccc3)CC2)nc2cccnc21. The summed E-state index contributed by atoms with van der Waals surface area (Å²) in [5, 5.41) is 0. The summed E-state index contributed by atoms with van der Waals surface area (Å²) in [5.41, 5.74) is 1.11. The maximum atomic E-state index is 13.2. The first-order valence-electron chi connectivity index (χ1n) is 10.4. The van der Waals surface area contributed by atoms with Crippen LogP contribution >= 0.6 is 0 Å². The average molecular weight is 419 g/mol. The Balaban J connectivity index is 1.56. The molecule has 0 aliphatic carbocycles. The molecule has 8 heteroatoms. The van der Waals surface area contributed by atoms with Gasteiger partial charge >= 0.3 is 0 Å². The summed E-state index contributed by atoms with van der Waals surface area (Å²) in [6.45, 7) is 6.00. The Morgan fingerprint density at radius 1 is 0.935 bits per heavy atom. The first-order chi connectivity index (χ1) is 15.0. The number of rotatable bonds is 4. The Hall–Kier alpha value is -3.55. The molecule has 4 rings (SSSR count). The Morgan fingerprint density at radius 2 is 1.58 bits per heavy atom. The molecule has 1 aliphatic heterocycles. The third-order valence-corrected chi connectivity index (χ3v) is 5.33. The molecule has 1 aliphatic rings. The monoisotopic (exact) mass is 419 g/mol. The number of amides is 2. The normalized spacial score (nSPS) is 14.3. The van der Waals surface area contributed by atoms with Gasteiger partial charge in [0.25, 0.3) is 17.4 Å². The number of carbonyl (C=O) groups excluding carboxylic acids is 2. The molecule has 0 saturated carbocycles. The number of benzene rings is 1. The highest BCUT2D eigenvalue weighted by molar-refractivity contribution is 5.95. The number of fused-ring (bicyclic) bond motifs is 1. The Kier molecular flexibility index (Phi) is 5.79. The number of hydrogen-bond donors (Lipinski definition) is 0. The van der Waals surface area contributed by atoms with Crippen LogP contribution in [-0.2, 0) is 6.54 Å². The van der Waals surface area contributed by atoms with Gasteiger partial charge in [-0.2, -0.15) is 0 Å². The number of carbonyl (C=O) groups is 2. The van der Waals surface area contributed by atoms with Crippen LogP contribution in [0.1, 0.15) is 34.7 Å². The second kappa shape index (κ2) is 8.67. The fourth-order valence-corrected chi connectivity index (χ4v) is 3.78. The molecule has 2 aromatic heterocycles. The molecule has 1 saturated heterocycles. The van der Waals surface area contributed by atoms with E-state index in [9.17, 15) is 14.4 Å². The number of pyridine rings is 1. The lowest BCUT2D eigenvalue weighted by molar-refractivity contribution is 0.0531. The molecule has 3 heterocycles. The lowest BCUT2D eigenvalue weighted by Crippen LogP contribution is -2.51. The van der Waals surface area contributed by atoms with Crippen LogP contribution < -0.4 is 5.56 Å². The second-order valence-corrected chi connectivity index (χ2v) is 8.07. The molecule has 31 heavy (non-hydrogen) atoms. The van der Waals surface area contributed by atoms with Crippen molar-refractivity contribution in [3.8, 4) is 0 Å². The fourth-order valence-electron chi connectivity index (χ4n) is 3.78. The summed E-state index contributed by atoms with van der Waals surface area (Å²) >= 11 is 0. The third kappa shape index (κ3) is 4.19. The van der Waals surface area contributed by atoms with E-state index >= 15 is 0 Å². The average Bonchev–Trinajstić information content (AvgIpc) is 2.80. The molecule has 8 nitrogen and oxygen atoms in total. The highest BCUT2D eigenvalue weighted by Crippen LogP contribution is 2.13. The number of piperazine rings is 1. The van der Waals surface area contributed by atoms with Crippen molar-refractivity contribution in [3.05, 3.63) is 70.3 Å². The van der Waals surface area contributed by atoms with E-state index in [1.807, 2.05) is 32.0 Å². The van der Waals surface area contributed by atoms with E-state index < -0.39 is 11.5 Å². The minimum atomic E-state index is -0.423. The van der Waals surface area contributed by atoms with Gasteiger partial charge in [0.05, 0.1) is 0 Å². The van der Waals surface area contributed by atoms with Gasteiger partial charge in [0.15, 0.2) is 11.3 Å². The first-order valence-corrected chi connectivity index (χ1v) is 10.4. The summed E-state index contributed by atoms with van der Waals surface area (Å²) in [6.07, 6.45) is 1.62. The van der Waals surface area contributed by atoms with E-state index in [4.69, 9.17) is 0 Å². The maximum absolute atomic E-state index is 13.2. The molecule has 0 N–H and O–H groups in total. The van der Waals surface area contributed by atoms with Crippen molar-refractivity contribution in [3.63, 3.8) is 0 Å². The molecule has 1 aromatic carbocycles. The quantitative estimate of drug-likeness (QED) is 0.646. The molecule has 0 bridgehead atoms. The standard InChI is InChI=1S/C23H25N5O3/c1-16(2)15-28-20-18(9-6-10-24-20)25-19(23(28)31)22(30)27-13-11-26(12-14-27)21(29)17-7-4-3-5-8-17/h3-10,16H,11-15H2,1-2H3. The molecular formula is C23H25N5O3. The van der Waals surface area contributed by atoms with Crippen LogP contribution in [0.2, 0.25) is 0 Å². The third-order valence-electron chi connectivity index (χ3n) is 5.33. The highest BCUT2D eigenvalue weighted by Gasteiger charge is 2.28. The van der Waals surface area contributed by atoms with Crippen LogP contribution in [0.4, 0.5) is 0 Å². The Bertz CT molecular complexity index is 1160. The van der Waals surface area contributed by atoms with Crippen molar-refractivity contribution in [2.24, 2.45) is 5.92 Å². The topological polar surface area (TPSA) is 88.4 Å². The number of nitrogens with zero attached hydrogens (tertiary/aromatic N) is 5. The molecule has 1 fully saturated rings. The van der Waals surface area contributed by atoms with E-state index in [-0.39, 0.29) is 17.5 Å². The zero-order chi connectivity index (χ0) is 22.0. The van der Waals surface area contributed by atoms with E-state index in [0.29, 0.717) is 49.5 Å². The van der Waals surface area contributed by atoms with Crippen molar-refractivity contribution in [2.45, 2.75) is 20.4 Å². The molecule has 0 unspecified atom stereocenters. The van der Waals surface area contributed by atoms with Crippen molar-refractivity contribution < 1.29 is 9.59 Å². The van der Waals surface area contributed by atoms with Gasteiger partial charge in [-0.1, -0.05) is 32.0 Å². The van der Waals surface area contributed by atoms with Gasteiger partial charge in [-0.3, -0.25) is 19.0 Å². The summed E-state index contributed by atoms with van der Waals surface area (Å²) in [7, 11) is 0. The van der Waals surface area contributed by atoms with E-state index in [1.54, 1.807) is 40.3 Å². The molecule has 2 amide bonds. The summed E-state index contributed by atoms with van der Waals surface area (Å²) in [4.78, 5) is 50.9. The number of aromatic nitrogens is 3. The van der Waals surface area contributed by atoms with Crippen molar-refractivity contribution in [1.29, 1.82) is 0 Å². The summed E-state index contributed by atoms with van der Waals surface area (Å²) in [6, 6.07) is 12.6. The highest BCUT2D eigenvalue weighted by atomic mass is 16.2. The van der Waals surface area contributed by atoms with Crippen LogP contribution in [0.3, 0.4) is 0 Å². The van der Waals surface area contributed by atoms with Crippen LogP contribution in [-0.4, -0.2) is 62.3 Å². The van der Waals surface area contributed by atoms with Crippen molar-refractivity contribution in [2.75, 3.05) is 26.2 Å². The molecule has 0 spiro atoms. The summed E-state index contributed by atoms with van der Waals surface area (Å²) in [5.74, 6) is -0.247. The van der Waals surface area contributed by atoms with Crippen molar-refractivity contribution in [1.82, 2.24) is 24.3 Å². The van der Waals surface area contributed by atoms with Crippen molar-refractivity contribution >= 4 is 23.0 Å². The predicted molar refractivity (Wildman–Crippen MR) is 117 cm³/mol. The zero-order valence-electron chi connectivity index (χ0n) is 17.7. The Labute approximate surface area is 180 Å². The van der Waals surface area contributed by atoms with E-state index in [1.165, 1.54) is 4.57 Å². The number of hydrogen-bond acceptors (Lipinski definition) is 5. The van der Waals surface area contributed by atoms with Gasteiger partial charge in [0.2, 0.25) is 0 Å². The van der Waals surface area contributed by atoms with Gasteiger partial charge in [-0.15, -0.1) is 0 Å². The van der Waals surface area contributed by atoms with Gasteiger partial charge in [-0.05, 0) is 30.2 Å². The largest absolute Gasteiger partial charge is 0.335 e. The lowest BCUT2D eigenvalue weighted by atomic mass is 10.2. The molecule has 0 radical (unpaired) electrons. The first kappa shape index (κ1) is 20.7. The molecule has 0 atom stereocenters. The van der Waals surface area contributed by atoms with Gasteiger partial charge in [0.1, 0.15) is 5.52 Å². The van der Waals surface area contributed by atoms with Crippen LogP contribution in [0.15, 0.2) is 53.5 Å².